The van der Waals surface area contributed by atoms with Crippen molar-refractivity contribution in [3.8, 4) is 0 Å². The minimum absolute atomic E-state index is 0.168. The van der Waals surface area contributed by atoms with Gasteiger partial charge >= 0.3 is 0 Å². The summed E-state index contributed by atoms with van der Waals surface area (Å²) in [5, 5.41) is 3.21. The Morgan fingerprint density at radius 3 is 2.85 bits per heavy atom. The van der Waals surface area contributed by atoms with Crippen LogP contribution in [0.2, 0.25) is 0 Å². The van der Waals surface area contributed by atoms with Crippen LogP contribution in [0.4, 0.5) is 5.69 Å². The monoisotopic (exact) mass is 274 g/mol. The van der Waals surface area contributed by atoms with Gasteiger partial charge in [-0.2, -0.15) is 0 Å². The maximum Gasteiger partial charge on any atom is 0.220 e. The molecule has 0 spiro atoms. The van der Waals surface area contributed by atoms with E-state index in [1.807, 2.05) is 24.3 Å². The standard InChI is InChI=1S/C17H26N2O/c1-3-14-8-9-16(12(14)2)19-17(20)10-7-13-5-4-6-15(18)11-13/h4-6,11-12,14,16H,3,7-10,18H2,1-2H3,(H,19,20). The fourth-order valence-electron chi connectivity index (χ4n) is 3.31. The Hall–Kier alpha value is -1.51. The molecule has 20 heavy (non-hydrogen) atoms. The predicted molar refractivity (Wildman–Crippen MR) is 83.3 cm³/mol. The van der Waals surface area contributed by atoms with Gasteiger partial charge in [-0.3, -0.25) is 4.79 Å². The van der Waals surface area contributed by atoms with E-state index in [1.165, 1.54) is 12.8 Å². The van der Waals surface area contributed by atoms with Crippen LogP contribution in [0, 0.1) is 11.8 Å². The Kier molecular flexibility index (Phi) is 5.05. The minimum Gasteiger partial charge on any atom is -0.399 e. The summed E-state index contributed by atoms with van der Waals surface area (Å²) in [7, 11) is 0. The molecule has 0 heterocycles. The van der Waals surface area contributed by atoms with Crippen LogP contribution in [0.15, 0.2) is 24.3 Å². The molecule has 3 unspecified atom stereocenters. The Labute approximate surface area is 121 Å². The number of rotatable bonds is 5. The van der Waals surface area contributed by atoms with Gasteiger partial charge in [0.15, 0.2) is 0 Å². The lowest BCUT2D eigenvalue weighted by molar-refractivity contribution is -0.122. The molecule has 1 aliphatic rings. The van der Waals surface area contributed by atoms with Crippen LogP contribution in [-0.2, 0) is 11.2 Å². The second-order valence-corrected chi connectivity index (χ2v) is 6.02. The molecule has 3 atom stereocenters. The molecule has 2 rings (SSSR count). The molecule has 0 aromatic heterocycles. The predicted octanol–water partition coefficient (Wildman–Crippen LogP) is 3.14. The van der Waals surface area contributed by atoms with Gasteiger partial charge < -0.3 is 11.1 Å². The summed E-state index contributed by atoms with van der Waals surface area (Å²) >= 11 is 0. The fourth-order valence-corrected chi connectivity index (χ4v) is 3.31. The summed E-state index contributed by atoms with van der Waals surface area (Å²) in [4.78, 5) is 12.1. The van der Waals surface area contributed by atoms with Crippen molar-refractivity contribution in [2.45, 2.75) is 52.0 Å². The normalized spacial score (nSPS) is 25.6. The molecule has 1 aliphatic carbocycles. The highest BCUT2D eigenvalue weighted by atomic mass is 16.1. The summed E-state index contributed by atoms with van der Waals surface area (Å²) < 4.78 is 0. The molecule has 3 nitrogen and oxygen atoms in total. The van der Waals surface area contributed by atoms with Gasteiger partial charge in [0.1, 0.15) is 0 Å². The van der Waals surface area contributed by atoms with E-state index in [0.717, 1.165) is 30.0 Å². The van der Waals surface area contributed by atoms with Gasteiger partial charge in [0.2, 0.25) is 5.91 Å². The Morgan fingerprint density at radius 2 is 2.20 bits per heavy atom. The molecule has 0 bridgehead atoms. The van der Waals surface area contributed by atoms with Crippen molar-refractivity contribution in [2.24, 2.45) is 11.8 Å². The van der Waals surface area contributed by atoms with E-state index >= 15 is 0 Å². The number of aryl methyl sites for hydroxylation is 1. The Bertz CT molecular complexity index is 458. The zero-order valence-corrected chi connectivity index (χ0v) is 12.6. The third-order valence-corrected chi connectivity index (χ3v) is 4.69. The lowest BCUT2D eigenvalue weighted by Crippen LogP contribution is -2.37. The third kappa shape index (κ3) is 3.75. The van der Waals surface area contributed by atoms with Crippen LogP contribution in [0.5, 0.6) is 0 Å². The van der Waals surface area contributed by atoms with Crippen LogP contribution < -0.4 is 11.1 Å². The lowest BCUT2D eigenvalue weighted by Gasteiger charge is -2.21. The first-order valence-electron chi connectivity index (χ1n) is 7.74. The van der Waals surface area contributed by atoms with Crippen molar-refractivity contribution in [2.75, 3.05) is 5.73 Å². The van der Waals surface area contributed by atoms with E-state index in [4.69, 9.17) is 5.73 Å². The summed E-state index contributed by atoms with van der Waals surface area (Å²) in [6.45, 7) is 4.51. The van der Waals surface area contributed by atoms with Crippen LogP contribution in [0.3, 0.4) is 0 Å². The highest BCUT2D eigenvalue weighted by Gasteiger charge is 2.32. The van der Waals surface area contributed by atoms with E-state index in [1.54, 1.807) is 0 Å². The van der Waals surface area contributed by atoms with Crippen molar-refractivity contribution in [3.05, 3.63) is 29.8 Å². The summed E-state index contributed by atoms with van der Waals surface area (Å²) in [5.41, 5.74) is 7.64. The van der Waals surface area contributed by atoms with Crippen LogP contribution in [0.25, 0.3) is 0 Å². The van der Waals surface area contributed by atoms with Gasteiger partial charge in [0, 0.05) is 18.2 Å². The number of amides is 1. The molecule has 3 heteroatoms. The number of anilines is 1. The summed E-state index contributed by atoms with van der Waals surface area (Å²) in [6, 6.07) is 8.14. The van der Waals surface area contributed by atoms with E-state index in [0.29, 0.717) is 18.4 Å². The smallest absolute Gasteiger partial charge is 0.220 e. The molecule has 0 saturated heterocycles. The first-order valence-corrected chi connectivity index (χ1v) is 7.74. The summed E-state index contributed by atoms with van der Waals surface area (Å²) in [5.74, 6) is 1.55. The maximum absolute atomic E-state index is 12.1. The number of carbonyl (C=O) groups is 1. The first-order chi connectivity index (χ1) is 9.60. The molecule has 1 fully saturated rings. The average Bonchev–Trinajstić information content (AvgIpc) is 2.77. The van der Waals surface area contributed by atoms with E-state index in [9.17, 15) is 4.79 Å². The largest absolute Gasteiger partial charge is 0.399 e. The van der Waals surface area contributed by atoms with Crippen molar-refractivity contribution < 1.29 is 4.79 Å². The van der Waals surface area contributed by atoms with Gasteiger partial charge in [-0.15, -0.1) is 0 Å². The molecule has 1 aromatic carbocycles. The molecule has 110 valence electrons. The van der Waals surface area contributed by atoms with Gasteiger partial charge in [-0.05, 0) is 48.8 Å². The number of hydrogen-bond donors (Lipinski definition) is 2. The van der Waals surface area contributed by atoms with Crippen LogP contribution in [0.1, 0.15) is 45.1 Å². The quantitative estimate of drug-likeness (QED) is 0.810. The average molecular weight is 274 g/mol. The zero-order chi connectivity index (χ0) is 14.5. The fraction of sp³-hybridized carbons (Fsp3) is 0.588. The SMILES string of the molecule is CCC1CCC(NC(=O)CCc2cccc(N)c2)C1C. The molecule has 1 amide bonds. The molecular weight excluding hydrogens is 248 g/mol. The van der Waals surface area contributed by atoms with Crippen molar-refractivity contribution >= 4 is 11.6 Å². The number of nitrogens with one attached hydrogen (secondary N) is 1. The second-order valence-electron chi connectivity index (χ2n) is 6.02. The van der Waals surface area contributed by atoms with Crippen molar-refractivity contribution in [3.63, 3.8) is 0 Å². The number of hydrogen-bond acceptors (Lipinski definition) is 2. The highest BCUT2D eigenvalue weighted by Crippen LogP contribution is 2.33. The topological polar surface area (TPSA) is 55.1 Å². The van der Waals surface area contributed by atoms with Gasteiger partial charge in [0.05, 0.1) is 0 Å². The van der Waals surface area contributed by atoms with Gasteiger partial charge in [-0.1, -0.05) is 32.4 Å². The molecule has 0 aliphatic heterocycles. The highest BCUT2D eigenvalue weighted by molar-refractivity contribution is 5.76. The Morgan fingerprint density at radius 1 is 1.40 bits per heavy atom. The maximum atomic E-state index is 12.1. The van der Waals surface area contributed by atoms with Gasteiger partial charge in [0.25, 0.3) is 0 Å². The van der Waals surface area contributed by atoms with Gasteiger partial charge in [-0.25, -0.2) is 0 Å². The van der Waals surface area contributed by atoms with E-state index in [-0.39, 0.29) is 5.91 Å². The third-order valence-electron chi connectivity index (χ3n) is 4.69. The number of nitrogen functional groups attached to an aromatic ring is 1. The van der Waals surface area contributed by atoms with Crippen LogP contribution in [-0.4, -0.2) is 11.9 Å². The van der Waals surface area contributed by atoms with Crippen LogP contribution >= 0.6 is 0 Å². The zero-order valence-electron chi connectivity index (χ0n) is 12.6. The lowest BCUT2D eigenvalue weighted by atomic mass is 9.93. The van der Waals surface area contributed by atoms with E-state index < -0.39 is 0 Å². The first kappa shape index (κ1) is 14.9. The molecule has 3 N–H and O–H groups in total. The second kappa shape index (κ2) is 6.78. The van der Waals surface area contributed by atoms with Crippen molar-refractivity contribution in [1.29, 1.82) is 0 Å². The molecule has 1 saturated carbocycles. The number of carbonyl (C=O) groups excluding carboxylic acids is 1. The molecule has 1 aromatic rings. The number of nitrogens with two attached hydrogens (primary N) is 1. The Balaban J connectivity index is 1.79. The number of benzene rings is 1. The van der Waals surface area contributed by atoms with Crippen molar-refractivity contribution in [1.82, 2.24) is 5.32 Å². The summed E-state index contributed by atoms with van der Waals surface area (Å²) in [6.07, 6.45) is 4.90. The molecule has 0 radical (unpaired) electrons. The molecular formula is C17H26N2O. The van der Waals surface area contributed by atoms with E-state index in [2.05, 4.69) is 19.2 Å². The minimum atomic E-state index is 0.168.